The van der Waals surface area contributed by atoms with Crippen LogP contribution in [0.1, 0.15) is 35.9 Å². The highest BCUT2D eigenvalue weighted by atomic mass is 16.3. The van der Waals surface area contributed by atoms with Gasteiger partial charge in [-0.1, -0.05) is 0 Å². The Morgan fingerprint density at radius 1 is 1.44 bits per heavy atom. The average molecular weight is 245 g/mol. The quantitative estimate of drug-likeness (QED) is 0.896. The first kappa shape index (κ1) is 11.5. The zero-order valence-corrected chi connectivity index (χ0v) is 10.7. The summed E-state index contributed by atoms with van der Waals surface area (Å²) in [5.41, 5.74) is 3.69. The maximum absolute atomic E-state index is 9.94. The lowest BCUT2D eigenvalue weighted by Crippen LogP contribution is -2.13. The summed E-state index contributed by atoms with van der Waals surface area (Å²) < 4.78 is 4.20. The van der Waals surface area contributed by atoms with Crippen LogP contribution >= 0.6 is 0 Å². The van der Waals surface area contributed by atoms with Gasteiger partial charge in [-0.2, -0.15) is 5.10 Å². The Morgan fingerprint density at radius 3 is 3.11 bits per heavy atom. The monoisotopic (exact) mass is 245 g/mol. The van der Waals surface area contributed by atoms with Crippen LogP contribution in [0.15, 0.2) is 24.5 Å². The number of aryl methyl sites for hydroxylation is 3. The van der Waals surface area contributed by atoms with Gasteiger partial charge in [-0.3, -0.25) is 4.68 Å². The predicted molar refractivity (Wildman–Crippen MR) is 69.2 cm³/mol. The number of aromatic nitrogens is 3. The molecule has 0 spiro atoms. The van der Waals surface area contributed by atoms with E-state index in [0.29, 0.717) is 0 Å². The first-order chi connectivity index (χ1) is 8.75. The molecule has 0 aromatic carbocycles. The first-order valence-corrected chi connectivity index (χ1v) is 6.58. The molecule has 1 aliphatic rings. The molecule has 0 saturated carbocycles. The minimum atomic E-state index is -0.258. The highest BCUT2D eigenvalue weighted by Crippen LogP contribution is 2.30. The largest absolute Gasteiger partial charge is 0.388 e. The standard InChI is InChI=1S/C14H19N3O/c1-16-11(5-8-15-16)6-9-17-10-7-12-13(17)3-2-4-14(12)18/h5,7-8,10,14,18H,2-4,6,9H2,1H3. The Balaban J connectivity index is 1.76. The van der Waals surface area contributed by atoms with Gasteiger partial charge in [0, 0.05) is 49.4 Å². The Labute approximate surface area is 107 Å². The van der Waals surface area contributed by atoms with Crippen LogP contribution in [0.5, 0.6) is 0 Å². The summed E-state index contributed by atoms with van der Waals surface area (Å²) in [5, 5.41) is 14.1. The van der Waals surface area contributed by atoms with Gasteiger partial charge in [0.2, 0.25) is 0 Å². The molecule has 1 atom stereocenters. The smallest absolute Gasteiger partial charge is 0.0807 e. The Morgan fingerprint density at radius 2 is 2.33 bits per heavy atom. The van der Waals surface area contributed by atoms with Crippen molar-refractivity contribution in [2.75, 3.05) is 0 Å². The number of hydrogen-bond donors (Lipinski definition) is 1. The van der Waals surface area contributed by atoms with Gasteiger partial charge in [-0.25, -0.2) is 0 Å². The van der Waals surface area contributed by atoms with Crippen LogP contribution in [0.25, 0.3) is 0 Å². The van der Waals surface area contributed by atoms with Crippen molar-refractivity contribution in [3.05, 3.63) is 41.5 Å². The van der Waals surface area contributed by atoms with Crippen LogP contribution in [0, 0.1) is 0 Å². The molecule has 1 N–H and O–H groups in total. The van der Waals surface area contributed by atoms with E-state index in [1.165, 1.54) is 11.4 Å². The van der Waals surface area contributed by atoms with Crippen LogP contribution in [-0.4, -0.2) is 19.5 Å². The number of nitrogens with zero attached hydrogens (tertiary/aromatic N) is 3. The van der Waals surface area contributed by atoms with Gasteiger partial charge >= 0.3 is 0 Å². The van der Waals surface area contributed by atoms with E-state index in [1.54, 1.807) is 0 Å². The van der Waals surface area contributed by atoms with Crippen LogP contribution < -0.4 is 0 Å². The fourth-order valence-electron chi connectivity index (χ4n) is 2.82. The Kier molecular flexibility index (Phi) is 2.96. The van der Waals surface area contributed by atoms with Crippen molar-refractivity contribution in [1.82, 2.24) is 14.3 Å². The lowest BCUT2D eigenvalue weighted by Gasteiger charge is -2.20. The highest BCUT2D eigenvalue weighted by Gasteiger charge is 2.20. The summed E-state index contributed by atoms with van der Waals surface area (Å²) in [6, 6.07) is 4.13. The molecule has 0 amide bonds. The minimum Gasteiger partial charge on any atom is -0.388 e. The molecule has 96 valence electrons. The van der Waals surface area contributed by atoms with Gasteiger partial charge in [-0.05, 0) is 31.4 Å². The maximum Gasteiger partial charge on any atom is 0.0807 e. The van der Waals surface area contributed by atoms with E-state index in [4.69, 9.17) is 0 Å². The third-order valence-corrected chi connectivity index (χ3v) is 3.90. The first-order valence-electron chi connectivity index (χ1n) is 6.58. The summed E-state index contributed by atoms with van der Waals surface area (Å²) in [6.07, 6.45) is 7.74. The number of aliphatic hydroxyl groups excluding tert-OH is 1. The minimum absolute atomic E-state index is 0.258. The molecule has 0 aliphatic heterocycles. The zero-order valence-electron chi connectivity index (χ0n) is 10.7. The molecule has 3 rings (SSSR count). The zero-order chi connectivity index (χ0) is 12.5. The second-order valence-corrected chi connectivity index (χ2v) is 5.02. The SMILES string of the molecule is Cn1nccc1CCn1ccc2c1CCCC2O. The second kappa shape index (κ2) is 4.61. The van der Waals surface area contributed by atoms with E-state index in [0.717, 1.165) is 37.8 Å². The van der Waals surface area contributed by atoms with E-state index < -0.39 is 0 Å². The topological polar surface area (TPSA) is 43.0 Å². The lowest BCUT2D eigenvalue weighted by atomic mass is 9.95. The van der Waals surface area contributed by atoms with Crippen molar-refractivity contribution in [3.8, 4) is 0 Å². The van der Waals surface area contributed by atoms with Gasteiger partial charge in [0.1, 0.15) is 0 Å². The van der Waals surface area contributed by atoms with Crippen molar-refractivity contribution in [2.24, 2.45) is 7.05 Å². The average Bonchev–Trinajstić information content (AvgIpc) is 2.94. The number of fused-ring (bicyclic) bond motifs is 1. The van der Waals surface area contributed by atoms with Gasteiger partial charge in [0.05, 0.1) is 6.10 Å². The molecule has 2 heterocycles. The molecule has 1 aliphatic carbocycles. The summed E-state index contributed by atoms with van der Waals surface area (Å²) in [6.45, 7) is 0.960. The molecule has 2 aromatic heterocycles. The van der Waals surface area contributed by atoms with Crippen LogP contribution in [0.4, 0.5) is 0 Å². The highest BCUT2D eigenvalue weighted by molar-refractivity contribution is 5.27. The molecular formula is C14H19N3O. The van der Waals surface area contributed by atoms with E-state index >= 15 is 0 Å². The van der Waals surface area contributed by atoms with Gasteiger partial charge < -0.3 is 9.67 Å². The predicted octanol–water partition coefficient (Wildman–Crippen LogP) is 1.83. The summed E-state index contributed by atoms with van der Waals surface area (Å²) >= 11 is 0. The molecule has 2 aromatic rings. The van der Waals surface area contributed by atoms with Crippen molar-refractivity contribution in [1.29, 1.82) is 0 Å². The van der Waals surface area contributed by atoms with Crippen molar-refractivity contribution in [3.63, 3.8) is 0 Å². The Bertz CT molecular complexity index is 541. The fourth-order valence-corrected chi connectivity index (χ4v) is 2.82. The fraction of sp³-hybridized carbons (Fsp3) is 0.500. The number of aliphatic hydroxyl groups is 1. The molecule has 18 heavy (non-hydrogen) atoms. The maximum atomic E-state index is 9.94. The number of hydrogen-bond acceptors (Lipinski definition) is 2. The van der Waals surface area contributed by atoms with Crippen molar-refractivity contribution in [2.45, 2.75) is 38.3 Å². The molecule has 0 radical (unpaired) electrons. The van der Waals surface area contributed by atoms with Crippen LogP contribution in [0.2, 0.25) is 0 Å². The van der Waals surface area contributed by atoms with E-state index in [2.05, 4.69) is 28.0 Å². The summed E-state index contributed by atoms with van der Waals surface area (Å²) in [7, 11) is 1.98. The molecule has 0 fully saturated rings. The summed E-state index contributed by atoms with van der Waals surface area (Å²) in [4.78, 5) is 0. The van der Waals surface area contributed by atoms with Crippen LogP contribution in [0.3, 0.4) is 0 Å². The molecule has 4 nitrogen and oxygen atoms in total. The van der Waals surface area contributed by atoms with Crippen molar-refractivity contribution >= 4 is 0 Å². The molecule has 4 heteroatoms. The second-order valence-electron chi connectivity index (χ2n) is 5.02. The number of rotatable bonds is 3. The van der Waals surface area contributed by atoms with Gasteiger partial charge in [0.15, 0.2) is 0 Å². The Hall–Kier alpha value is -1.55. The van der Waals surface area contributed by atoms with E-state index in [1.807, 2.05) is 17.9 Å². The normalized spacial score (nSPS) is 18.9. The van der Waals surface area contributed by atoms with Gasteiger partial charge in [0.25, 0.3) is 0 Å². The van der Waals surface area contributed by atoms with Crippen molar-refractivity contribution < 1.29 is 5.11 Å². The van der Waals surface area contributed by atoms with E-state index in [-0.39, 0.29) is 6.10 Å². The molecule has 1 unspecified atom stereocenters. The third-order valence-electron chi connectivity index (χ3n) is 3.90. The van der Waals surface area contributed by atoms with Gasteiger partial charge in [-0.15, -0.1) is 0 Å². The molecule has 0 bridgehead atoms. The van der Waals surface area contributed by atoms with E-state index in [9.17, 15) is 5.11 Å². The summed E-state index contributed by atoms with van der Waals surface area (Å²) in [5.74, 6) is 0. The lowest BCUT2D eigenvalue weighted by molar-refractivity contribution is 0.155. The van der Waals surface area contributed by atoms with Crippen LogP contribution in [-0.2, 0) is 26.4 Å². The molecule has 0 saturated heterocycles. The third kappa shape index (κ3) is 1.97. The molecular weight excluding hydrogens is 226 g/mol.